The standard InChI is InChI=1S/C16H22ClN5O2/c1-10(2)15-21-14(24-22-15)5-4-8-19-16(18)20-11-6-7-13(23-3)12(17)9-11/h6-7,9-10H,4-5,8H2,1-3H3,(H3,18,19,20). The Morgan fingerprint density at radius 2 is 2.25 bits per heavy atom. The zero-order valence-electron chi connectivity index (χ0n) is 14.0. The number of aryl methyl sites for hydroxylation is 1. The number of nitrogens with two attached hydrogens (primary N) is 1. The molecular formula is C16H22ClN5O2. The van der Waals surface area contributed by atoms with Gasteiger partial charge in [0.1, 0.15) is 5.75 Å². The summed E-state index contributed by atoms with van der Waals surface area (Å²) >= 11 is 6.06. The lowest BCUT2D eigenvalue weighted by Crippen LogP contribution is -2.22. The van der Waals surface area contributed by atoms with Crippen molar-refractivity contribution >= 4 is 23.2 Å². The van der Waals surface area contributed by atoms with Crippen LogP contribution in [0.25, 0.3) is 0 Å². The van der Waals surface area contributed by atoms with Crippen molar-refractivity contribution in [1.82, 2.24) is 10.1 Å². The third kappa shape index (κ3) is 5.13. The van der Waals surface area contributed by atoms with Gasteiger partial charge in [0.25, 0.3) is 0 Å². The van der Waals surface area contributed by atoms with Crippen molar-refractivity contribution in [3.8, 4) is 5.75 Å². The van der Waals surface area contributed by atoms with Gasteiger partial charge in [0.15, 0.2) is 11.8 Å². The van der Waals surface area contributed by atoms with E-state index in [-0.39, 0.29) is 5.92 Å². The lowest BCUT2D eigenvalue weighted by molar-refractivity contribution is 0.369. The second kappa shape index (κ2) is 8.54. The van der Waals surface area contributed by atoms with E-state index in [2.05, 4.69) is 20.4 Å². The van der Waals surface area contributed by atoms with Crippen molar-refractivity contribution in [2.45, 2.75) is 32.6 Å². The number of nitrogens with one attached hydrogen (secondary N) is 1. The molecule has 7 nitrogen and oxygen atoms in total. The van der Waals surface area contributed by atoms with Crippen LogP contribution in [0.4, 0.5) is 5.69 Å². The Bertz CT molecular complexity index is 700. The Hall–Kier alpha value is -2.28. The molecule has 2 rings (SSSR count). The van der Waals surface area contributed by atoms with Crippen LogP contribution >= 0.6 is 11.6 Å². The summed E-state index contributed by atoms with van der Waals surface area (Å²) in [4.78, 5) is 8.59. The van der Waals surface area contributed by atoms with E-state index in [0.29, 0.717) is 35.6 Å². The number of benzene rings is 1. The molecule has 0 amide bonds. The van der Waals surface area contributed by atoms with Gasteiger partial charge in [-0.15, -0.1) is 0 Å². The minimum Gasteiger partial charge on any atom is -0.495 e. The Morgan fingerprint density at radius 3 is 2.88 bits per heavy atom. The fourth-order valence-electron chi connectivity index (χ4n) is 1.97. The third-order valence-corrected chi connectivity index (χ3v) is 3.55. The molecule has 1 aromatic heterocycles. The highest BCUT2D eigenvalue weighted by Crippen LogP contribution is 2.27. The predicted molar refractivity (Wildman–Crippen MR) is 94.8 cm³/mol. The highest BCUT2D eigenvalue weighted by Gasteiger charge is 2.09. The first kappa shape index (κ1) is 18.1. The molecule has 130 valence electrons. The molecule has 3 N–H and O–H groups in total. The van der Waals surface area contributed by atoms with E-state index < -0.39 is 0 Å². The average molecular weight is 352 g/mol. The van der Waals surface area contributed by atoms with Crippen LogP contribution in [-0.2, 0) is 6.42 Å². The van der Waals surface area contributed by atoms with Crippen LogP contribution in [0.15, 0.2) is 27.7 Å². The monoisotopic (exact) mass is 351 g/mol. The summed E-state index contributed by atoms with van der Waals surface area (Å²) < 4.78 is 10.3. The topological polar surface area (TPSA) is 98.6 Å². The largest absolute Gasteiger partial charge is 0.495 e. The van der Waals surface area contributed by atoms with E-state index in [9.17, 15) is 0 Å². The zero-order chi connectivity index (χ0) is 17.5. The van der Waals surface area contributed by atoms with Gasteiger partial charge in [-0.05, 0) is 24.6 Å². The van der Waals surface area contributed by atoms with Crippen LogP contribution in [0, 0.1) is 0 Å². The molecule has 24 heavy (non-hydrogen) atoms. The molecule has 0 aliphatic carbocycles. The number of methoxy groups -OCH3 is 1. The zero-order valence-corrected chi connectivity index (χ0v) is 14.8. The molecule has 0 saturated heterocycles. The summed E-state index contributed by atoms with van der Waals surface area (Å²) in [5.74, 6) is 2.55. The highest BCUT2D eigenvalue weighted by molar-refractivity contribution is 6.32. The van der Waals surface area contributed by atoms with Crippen LogP contribution in [0.1, 0.15) is 37.9 Å². The number of aliphatic imine (C=N–C) groups is 1. The molecule has 8 heteroatoms. The van der Waals surface area contributed by atoms with E-state index in [0.717, 1.165) is 17.9 Å². The number of rotatable bonds is 7. The third-order valence-electron chi connectivity index (χ3n) is 3.26. The van der Waals surface area contributed by atoms with Crippen LogP contribution in [0.5, 0.6) is 5.75 Å². The quantitative estimate of drug-likeness (QED) is 0.451. The first-order valence-electron chi connectivity index (χ1n) is 7.72. The summed E-state index contributed by atoms with van der Waals surface area (Å²) in [6, 6.07) is 5.31. The molecule has 0 radical (unpaired) electrons. The van der Waals surface area contributed by atoms with Crippen molar-refractivity contribution in [3.05, 3.63) is 34.9 Å². The minimum atomic E-state index is 0.261. The summed E-state index contributed by atoms with van der Waals surface area (Å²) in [5, 5.41) is 7.42. The van der Waals surface area contributed by atoms with E-state index >= 15 is 0 Å². The number of nitrogens with zero attached hydrogens (tertiary/aromatic N) is 3. The maximum Gasteiger partial charge on any atom is 0.226 e. The fourth-order valence-corrected chi connectivity index (χ4v) is 2.22. The number of anilines is 1. The molecule has 0 unspecified atom stereocenters. The number of guanidine groups is 1. The van der Waals surface area contributed by atoms with Gasteiger partial charge in [-0.2, -0.15) is 4.98 Å². The minimum absolute atomic E-state index is 0.261. The second-order valence-corrected chi connectivity index (χ2v) is 5.95. The van der Waals surface area contributed by atoms with Crippen LogP contribution in [0.3, 0.4) is 0 Å². The Labute approximate surface area is 146 Å². The molecule has 1 heterocycles. The van der Waals surface area contributed by atoms with E-state index in [1.54, 1.807) is 19.2 Å². The lowest BCUT2D eigenvalue weighted by atomic mass is 10.2. The summed E-state index contributed by atoms with van der Waals surface area (Å²) in [7, 11) is 1.57. The Balaban J connectivity index is 1.80. The molecular weight excluding hydrogens is 330 g/mol. The molecule has 1 aromatic carbocycles. The number of halogens is 1. The first-order chi connectivity index (χ1) is 11.5. The molecule has 0 saturated carbocycles. The van der Waals surface area contributed by atoms with Crippen molar-refractivity contribution in [2.75, 3.05) is 19.0 Å². The van der Waals surface area contributed by atoms with E-state index in [4.69, 9.17) is 26.6 Å². The normalized spacial score (nSPS) is 11.8. The van der Waals surface area contributed by atoms with Gasteiger partial charge in [-0.25, -0.2) is 0 Å². The average Bonchev–Trinajstić information content (AvgIpc) is 3.01. The van der Waals surface area contributed by atoms with Gasteiger partial charge in [-0.3, -0.25) is 4.99 Å². The number of ether oxygens (including phenoxy) is 1. The van der Waals surface area contributed by atoms with Crippen LogP contribution in [-0.4, -0.2) is 29.8 Å². The number of aromatic nitrogens is 2. The van der Waals surface area contributed by atoms with Crippen molar-refractivity contribution in [1.29, 1.82) is 0 Å². The first-order valence-corrected chi connectivity index (χ1v) is 8.10. The van der Waals surface area contributed by atoms with Crippen LogP contribution in [0.2, 0.25) is 5.02 Å². The maximum atomic E-state index is 6.06. The molecule has 0 aliphatic rings. The molecule has 0 bridgehead atoms. The van der Waals surface area contributed by atoms with Crippen molar-refractivity contribution in [2.24, 2.45) is 10.7 Å². The molecule has 0 atom stereocenters. The Kier molecular flexibility index (Phi) is 6.43. The lowest BCUT2D eigenvalue weighted by Gasteiger charge is -2.08. The van der Waals surface area contributed by atoms with E-state index in [1.807, 2.05) is 19.9 Å². The molecule has 0 fully saturated rings. The van der Waals surface area contributed by atoms with Gasteiger partial charge in [-0.1, -0.05) is 30.6 Å². The maximum absolute atomic E-state index is 6.06. The van der Waals surface area contributed by atoms with Gasteiger partial charge in [0, 0.05) is 24.6 Å². The SMILES string of the molecule is COc1ccc(NC(N)=NCCCc2nc(C(C)C)no2)cc1Cl. The summed E-state index contributed by atoms with van der Waals surface area (Å²) in [6.45, 7) is 4.61. The van der Waals surface area contributed by atoms with Gasteiger partial charge in [0.05, 0.1) is 12.1 Å². The number of hydrogen-bond acceptors (Lipinski definition) is 5. The summed E-state index contributed by atoms with van der Waals surface area (Å²) in [6.07, 6.45) is 1.44. The molecule has 0 aliphatic heterocycles. The molecule has 0 spiro atoms. The van der Waals surface area contributed by atoms with Crippen LogP contribution < -0.4 is 15.8 Å². The van der Waals surface area contributed by atoms with Gasteiger partial charge >= 0.3 is 0 Å². The van der Waals surface area contributed by atoms with Gasteiger partial charge in [0.2, 0.25) is 5.89 Å². The van der Waals surface area contributed by atoms with Crippen molar-refractivity contribution < 1.29 is 9.26 Å². The number of hydrogen-bond donors (Lipinski definition) is 2. The van der Waals surface area contributed by atoms with E-state index in [1.165, 1.54) is 0 Å². The second-order valence-electron chi connectivity index (χ2n) is 5.55. The van der Waals surface area contributed by atoms with Gasteiger partial charge < -0.3 is 20.3 Å². The van der Waals surface area contributed by atoms with Crippen molar-refractivity contribution in [3.63, 3.8) is 0 Å². The Morgan fingerprint density at radius 1 is 1.46 bits per heavy atom. The predicted octanol–water partition coefficient (Wildman–Crippen LogP) is 3.21. The summed E-state index contributed by atoms with van der Waals surface area (Å²) in [5.41, 5.74) is 6.61. The fraction of sp³-hybridized carbons (Fsp3) is 0.438. The molecule has 2 aromatic rings. The highest BCUT2D eigenvalue weighted by atomic mass is 35.5. The smallest absolute Gasteiger partial charge is 0.226 e.